The number of benzene rings is 1. The largest absolute Gasteiger partial charge is 0.439 e. The lowest BCUT2D eigenvalue weighted by Crippen LogP contribution is -2.04. The summed E-state index contributed by atoms with van der Waals surface area (Å²) in [5.74, 6) is -0.278. The molecule has 0 aliphatic heterocycles. The summed E-state index contributed by atoms with van der Waals surface area (Å²) >= 11 is 0. The van der Waals surface area contributed by atoms with Gasteiger partial charge in [0.15, 0.2) is 5.82 Å². The number of hydrogen-bond donors (Lipinski definition) is 1. The molecule has 0 saturated carbocycles. The minimum absolute atomic E-state index is 0.129. The van der Waals surface area contributed by atoms with Gasteiger partial charge in [0.2, 0.25) is 5.82 Å². The minimum Gasteiger partial charge on any atom is -0.296 e. The fourth-order valence-corrected chi connectivity index (χ4v) is 2.56. The summed E-state index contributed by atoms with van der Waals surface area (Å²) < 4.78 is 44.4. The predicted molar refractivity (Wildman–Crippen MR) is 81.7 cm³/mol. The second-order valence-corrected chi connectivity index (χ2v) is 5.26. The van der Waals surface area contributed by atoms with E-state index >= 15 is 0 Å². The van der Waals surface area contributed by atoms with E-state index in [1.807, 2.05) is 0 Å². The molecular weight excluding hydrogens is 337 g/mol. The van der Waals surface area contributed by atoms with E-state index in [4.69, 9.17) is 0 Å². The number of H-pyrrole nitrogens is 1. The maximum Gasteiger partial charge on any atom is 0.439 e. The Morgan fingerprint density at radius 1 is 1.08 bits per heavy atom. The van der Waals surface area contributed by atoms with Crippen LogP contribution in [0.15, 0.2) is 58.0 Å². The van der Waals surface area contributed by atoms with E-state index in [1.165, 1.54) is 12.1 Å². The molecule has 0 fully saturated rings. The quantitative estimate of drug-likeness (QED) is 0.604. The lowest BCUT2D eigenvalue weighted by Gasteiger charge is -2.06. The summed E-state index contributed by atoms with van der Waals surface area (Å²) in [6.45, 7) is 0. The third-order valence-electron chi connectivity index (χ3n) is 3.69. The van der Waals surface area contributed by atoms with Crippen LogP contribution in [0.4, 0.5) is 13.2 Å². The zero-order valence-corrected chi connectivity index (χ0v) is 12.4. The number of nitrogens with zero attached hydrogens (tertiary/aromatic N) is 3. The van der Waals surface area contributed by atoms with E-state index < -0.39 is 17.5 Å². The number of alkyl halides is 3. The number of hydrogen-bond acceptors (Lipinski definition) is 4. The summed E-state index contributed by atoms with van der Waals surface area (Å²) in [5.41, 5.74) is 0.892. The smallest absolute Gasteiger partial charge is 0.296 e. The molecule has 4 aromatic rings. The van der Waals surface area contributed by atoms with Gasteiger partial charge < -0.3 is 0 Å². The van der Waals surface area contributed by atoms with Crippen molar-refractivity contribution in [2.24, 2.45) is 0 Å². The second kappa shape index (κ2) is 5.33. The van der Waals surface area contributed by atoms with Crippen LogP contribution in [0.25, 0.3) is 28.4 Å². The Balaban J connectivity index is 1.89. The molecule has 3 heterocycles. The average Bonchev–Trinajstić information content (AvgIpc) is 3.18. The van der Waals surface area contributed by atoms with Crippen molar-refractivity contribution in [3.8, 4) is 22.9 Å². The number of aromatic amines is 1. The van der Waals surface area contributed by atoms with Crippen molar-refractivity contribution in [1.29, 1.82) is 0 Å². The predicted octanol–water partition coefficient (Wildman–Crippen LogP) is 3.36. The summed E-state index contributed by atoms with van der Waals surface area (Å²) in [4.78, 5) is 18.0. The molecule has 0 amide bonds. The molecule has 0 spiro atoms. The van der Waals surface area contributed by atoms with Crippen molar-refractivity contribution in [1.82, 2.24) is 19.5 Å². The van der Waals surface area contributed by atoms with Gasteiger partial charge in [-0.2, -0.15) is 13.2 Å². The van der Waals surface area contributed by atoms with Crippen LogP contribution in [0.2, 0.25) is 0 Å². The number of aromatic nitrogens is 4. The molecule has 4 rings (SSSR count). The highest BCUT2D eigenvalue weighted by Crippen LogP contribution is 2.32. The molecule has 0 bridgehead atoms. The van der Waals surface area contributed by atoms with Crippen LogP contribution >= 0.6 is 0 Å². The lowest BCUT2D eigenvalue weighted by molar-refractivity contribution is -0.137. The van der Waals surface area contributed by atoms with E-state index in [9.17, 15) is 18.0 Å². The van der Waals surface area contributed by atoms with E-state index in [-0.39, 0.29) is 5.82 Å². The minimum atomic E-state index is -4.40. The first-order chi connectivity index (χ1) is 11.9. The highest BCUT2D eigenvalue weighted by Gasteiger charge is 2.30. The van der Waals surface area contributed by atoms with Crippen molar-refractivity contribution in [3.63, 3.8) is 0 Å². The Kier molecular flexibility index (Phi) is 3.24. The first kappa shape index (κ1) is 15.2. The van der Waals surface area contributed by atoms with Gasteiger partial charge in [-0.05, 0) is 24.3 Å². The molecule has 0 unspecified atom stereocenters. The third kappa shape index (κ3) is 2.59. The number of fused-ring (bicyclic) bond motifs is 1. The molecule has 0 aliphatic carbocycles. The van der Waals surface area contributed by atoms with Gasteiger partial charge in [-0.3, -0.25) is 13.9 Å². The van der Waals surface area contributed by atoms with Gasteiger partial charge in [0, 0.05) is 11.8 Å². The Morgan fingerprint density at radius 3 is 2.48 bits per heavy atom. The van der Waals surface area contributed by atoms with Crippen LogP contribution in [-0.4, -0.2) is 19.5 Å². The fourth-order valence-electron chi connectivity index (χ4n) is 2.56. The van der Waals surface area contributed by atoms with Crippen LogP contribution in [0.3, 0.4) is 0 Å². The zero-order valence-electron chi connectivity index (χ0n) is 12.4. The molecule has 0 radical (unpaired) electrons. The Hall–Kier alpha value is -3.36. The first-order valence-electron chi connectivity index (χ1n) is 7.14. The molecule has 0 aliphatic rings. The number of imidazole rings is 1. The Bertz CT molecular complexity index is 1110. The van der Waals surface area contributed by atoms with Gasteiger partial charge in [0.1, 0.15) is 0 Å². The number of nitrogens with one attached hydrogen (secondary N) is 1. The summed E-state index contributed by atoms with van der Waals surface area (Å²) in [5, 5.41) is 3.61. The molecular formula is C16H9F3N4O2. The van der Waals surface area contributed by atoms with Gasteiger partial charge in [-0.1, -0.05) is 23.4 Å². The molecule has 1 N–H and O–H groups in total. The fraction of sp³-hybridized carbons (Fsp3) is 0.0625. The van der Waals surface area contributed by atoms with E-state index in [1.54, 1.807) is 28.8 Å². The average molecular weight is 346 g/mol. The summed E-state index contributed by atoms with van der Waals surface area (Å²) in [7, 11) is 0. The van der Waals surface area contributed by atoms with Crippen LogP contribution in [0.5, 0.6) is 0 Å². The molecule has 25 heavy (non-hydrogen) atoms. The molecule has 3 aromatic heterocycles. The number of pyridine rings is 1. The molecule has 0 atom stereocenters. The molecule has 9 heteroatoms. The van der Waals surface area contributed by atoms with Crippen LogP contribution < -0.4 is 5.76 Å². The van der Waals surface area contributed by atoms with Crippen molar-refractivity contribution in [2.45, 2.75) is 6.18 Å². The monoisotopic (exact) mass is 346 g/mol. The van der Waals surface area contributed by atoms with Crippen LogP contribution in [0, 0.1) is 0 Å². The van der Waals surface area contributed by atoms with Gasteiger partial charge in [0.25, 0.3) is 0 Å². The van der Waals surface area contributed by atoms with Crippen molar-refractivity contribution in [3.05, 3.63) is 64.8 Å². The van der Waals surface area contributed by atoms with E-state index in [0.717, 1.165) is 12.1 Å². The van der Waals surface area contributed by atoms with Crippen LogP contribution in [0.1, 0.15) is 5.56 Å². The number of rotatable bonds is 2. The summed E-state index contributed by atoms with van der Waals surface area (Å²) in [6, 6.07) is 10.0. The molecule has 1 aromatic carbocycles. The van der Waals surface area contributed by atoms with Crippen molar-refractivity contribution >= 4 is 5.52 Å². The molecule has 6 nitrogen and oxygen atoms in total. The van der Waals surface area contributed by atoms with Gasteiger partial charge in [-0.15, -0.1) is 0 Å². The SMILES string of the molecule is O=c1[nH]c(-c2nc(-c3ccc(C(F)(F)F)cc3)c3ccccn23)no1. The standard InChI is InChI=1S/C16H9F3N4O2/c17-16(18,19)10-6-4-9(5-7-10)12-11-3-1-2-8-23(11)14(20-12)13-21-15(24)25-22-13/h1-8H,(H,21,22,24). The topological polar surface area (TPSA) is 76.2 Å². The molecule has 0 saturated heterocycles. The van der Waals surface area contributed by atoms with Gasteiger partial charge in [-0.25, -0.2) is 9.78 Å². The summed E-state index contributed by atoms with van der Waals surface area (Å²) in [6.07, 6.45) is -2.70. The lowest BCUT2D eigenvalue weighted by atomic mass is 10.1. The van der Waals surface area contributed by atoms with Crippen molar-refractivity contribution < 1.29 is 17.7 Å². The number of halogens is 3. The molecule has 126 valence electrons. The van der Waals surface area contributed by atoms with Crippen molar-refractivity contribution in [2.75, 3.05) is 0 Å². The van der Waals surface area contributed by atoms with E-state index in [2.05, 4.69) is 19.6 Å². The zero-order chi connectivity index (χ0) is 17.6. The highest BCUT2D eigenvalue weighted by molar-refractivity contribution is 5.80. The Morgan fingerprint density at radius 2 is 1.84 bits per heavy atom. The first-order valence-corrected chi connectivity index (χ1v) is 7.14. The highest BCUT2D eigenvalue weighted by atomic mass is 19.4. The maximum atomic E-state index is 12.7. The van der Waals surface area contributed by atoms with Gasteiger partial charge >= 0.3 is 11.9 Å². The normalized spacial score (nSPS) is 12.0. The third-order valence-corrected chi connectivity index (χ3v) is 3.69. The maximum absolute atomic E-state index is 12.7. The van der Waals surface area contributed by atoms with Gasteiger partial charge in [0.05, 0.1) is 16.8 Å². The van der Waals surface area contributed by atoms with Crippen LogP contribution in [-0.2, 0) is 6.18 Å². The van der Waals surface area contributed by atoms with E-state index in [0.29, 0.717) is 22.6 Å². The second-order valence-electron chi connectivity index (χ2n) is 5.26. The Labute approximate surface area is 137 Å².